The van der Waals surface area contributed by atoms with E-state index in [1.165, 1.54) is 28.3 Å². The molecule has 4 heteroatoms. The number of hydrogen-bond acceptors (Lipinski definition) is 4. The Morgan fingerprint density at radius 3 is 2.88 bits per heavy atom. The van der Waals surface area contributed by atoms with Crippen LogP contribution in [0.2, 0.25) is 0 Å². The van der Waals surface area contributed by atoms with Crippen LogP contribution < -0.4 is 4.90 Å². The van der Waals surface area contributed by atoms with Crippen LogP contribution in [0.15, 0.2) is 24.3 Å². The fourth-order valence-electron chi connectivity index (χ4n) is 1.89. The molecular formula is C13H18N2OS. The number of benzene rings is 1. The van der Waals surface area contributed by atoms with Gasteiger partial charge in [-0.1, -0.05) is 25.5 Å². The average Bonchev–Trinajstić information content (AvgIpc) is 2.78. The zero-order valence-electron chi connectivity index (χ0n) is 10.1. The van der Waals surface area contributed by atoms with Gasteiger partial charge in [0.05, 0.1) is 12.1 Å². The van der Waals surface area contributed by atoms with Gasteiger partial charge in [0.2, 0.25) is 0 Å². The van der Waals surface area contributed by atoms with Gasteiger partial charge in [-0.2, -0.15) is 4.37 Å². The van der Waals surface area contributed by atoms with E-state index in [1.54, 1.807) is 0 Å². The summed E-state index contributed by atoms with van der Waals surface area (Å²) >= 11 is 1.53. The van der Waals surface area contributed by atoms with Crippen LogP contribution in [0.5, 0.6) is 0 Å². The molecule has 0 spiro atoms. The SMILES string of the molecule is CCCCN(CCO)c1snc2ccccc12. The maximum absolute atomic E-state index is 9.15. The summed E-state index contributed by atoms with van der Waals surface area (Å²) in [4.78, 5) is 2.24. The third kappa shape index (κ3) is 2.76. The van der Waals surface area contributed by atoms with E-state index < -0.39 is 0 Å². The Kier molecular flexibility index (Phi) is 4.34. The average molecular weight is 250 g/mol. The lowest BCUT2D eigenvalue weighted by molar-refractivity contribution is 0.302. The molecule has 1 aromatic carbocycles. The van der Waals surface area contributed by atoms with E-state index in [1.807, 2.05) is 18.2 Å². The highest BCUT2D eigenvalue weighted by molar-refractivity contribution is 7.11. The first-order valence-corrected chi connectivity index (χ1v) is 6.84. The summed E-state index contributed by atoms with van der Waals surface area (Å²) in [7, 11) is 0. The van der Waals surface area contributed by atoms with Crippen molar-refractivity contribution >= 4 is 27.4 Å². The van der Waals surface area contributed by atoms with Gasteiger partial charge in [-0.15, -0.1) is 0 Å². The van der Waals surface area contributed by atoms with Gasteiger partial charge in [-0.3, -0.25) is 0 Å². The number of aliphatic hydroxyl groups excluding tert-OH is 1. The fraction of sp³-hybridized carbons (Fsp3) is 0.462. The van der Waals surface area contributed by atoms with Gasteiger partial charge in [0, 0.05) is 18.5 Å². The first kappa shape index (κ1) is 12.3. The van der Waals surface area contributed by atoms with Crippen LogP contribution in [-0.4, -0.2) is 29.2 Å². The molecule has 1 N–H and O–H groups in total. The summed E-state index contributed by atoms with van der Waals surface area (Å²) in [5.74, 6) is 0. The number of aromatic nitrogens is 1. The second-order valence-electron chi connectivity index (χ2n) is 4.07. The Morgan fingerprint density at radius 2 is 2.12 bits per heavy atom. The van der Waals surface area contributed by atoms with Crippen molar-refractivity contribution in [3.8, 4) is 0 Å². The smallest absolute Gasteiger partial charge is 0.120 e. The molecule has 0 bridgehead atoms. The van der Waals surface area contributed by atoms with Crippen molar-refractivity contribution in [1.29, 1.82) is 0 Å². The van der Waals surface area contributed by atoms with Crippen molar-refractivity contribution in [2.45, 2.75) is 19.8 Å². The van der Waals surface area contributed by atoms with Crippen LogP contribution >= 0.6 is 11.5 Å². The van der Waals surface area contributed by atoms with E-state index in [-0.39, 0.29) is 6.61 Å². The van der Waals surface area contributed by atoms with Crippen LogP contribution in [0.25, 0.3) is 10.9 Å². The normalized spacial score (nSPS) is 10.9. The lowest BCUT2D eigenvalue weighted by Crippen LogP contribution is -2.26. The highest BCUT2D eigenvalue weighted by atomic mass is 32.1. The van der Waals surface area contributed by atoms with E-state index in [9.17, 15) is 0 Å². The predicted molar refractivity (Wildman–Crippen MR) is 73.8 cm³/mol. The molecule has 0 aliphatic rings. The van der Waals surface area contributed by atoms with Gasteiger partial charge in [0.15, 0.2) is 0 Å². The summed E-state index contributed by atoms with van der Waals surface area (Å²) in [5, 5.41) is 11.5. The highest BCUT2D eigenvalue weighted by Crippen LogP contribution is 2.31. The molecule has 1 heterocycles. The molecule has 0 aliphatic heterocycles. The molecule has 0 saturated heterocycles. The maximum atomic E-state index is 9.15. The van der Waals surface area contributed by atoms with Crippen molar-refractivity contribution in [3.05, 3.63) is 24.3 Å². The van der Waals surface area contributed by atoms with Gasteiger partial charge in [0.1, 0.15) is 5.00 Å². The molecule has 1 aromatic heterocycles. The molecular weight excluding hydrogens is 232 g/mol. The minimum Gasteiger partial charge on any atom is -0.395 e. The topological polar surface area (TPSA) is 36.4 Å². The number of nitrogens with zero attached hydrogens (tertiary/aromatic N) is 2. The minimum atomic E-state index is 0.190. The third-order valence-electron chi connectivity index (χ3n) is 2.80. The van der Waals surface area contributed by atoms with Crippen LogP contribution in [-0.2, 0) is 0 Å². The Balaban J connectivity index is 2.27. The zero-order valence-corrected chi connectivity index (χ0v) is 10.9. The Bertz CT molecular complexity index is 469. The number of hydrogen-bond donors (Lipinski definition) is 1. The quantitative estimate of drug-likeness (QED) is 0.856. The molecule has 0 atom stereocenters. The summed E-state index contributed by atoms with van der Waals surface area (Å²) in [6, 6.07) is 8.18. The maximum Gasteiger partial charge on any atom is 0.120 e. The van der Waals surface area contributed by atoms with Gasteiger partial charge < -0.3 is 10.0 Å². The van der Waals surface area contributed by atoms with Crippen molar-refractivity contribution in [2.75, 3.05) is 24.6 Å². The zero-order chi connectivity index (χ0) is 12.1. The Hall–Kier alpha value is -1.13. The number of anilines is 1. The summed E-state index contributed by atoms with van der Waals surface area (Å²) in [6.07, 6.45) is 2.31. The largest absolute Gasteiger partial charge is 0.395 e. The van der Waals surface area contributed by atoms with Crippen LogP contribution in [0.1, 0.15) is 19.8 Å². The van der Waals surface area contributed by atoms with Crippen molar-refractivity contribution in [3.63, 3.8) is 0 Å². The third-order valence-corrected chi connectivity index (χ3v) is 3.74. The number of fused-ring (bicyclic) bond motifs is 1. The number of rotatable bonds is 6. The van der Waals surface area contributed by atoms with Crippen molar-refractivity contribution in [2.24, 2.45) is 0 Å². The number of aliphatic hydroxyl groups is 1. The molecule has 92 valence electrons. The second-order valence-corrected chi connectivity index (χ2v) is 4.82. The highest BCUT2D eigenvalue weighted by Gasteiger charge is 2.12. The van der Waals surface area contributed by atoms with E-state index in [4.69, 9.17) is 5.11 Å². The number of unbranched alkanes of at least 4 members (excludes halogenated alkanes) is 1. The standard InChI is InChI=1S/C13H18N2OS/c1-2-3-8-15(9-10-16)13-11-6-4-5-7-12(11)14-17-13/h4-7,16H,2-3,8-10H2,1H3. The Labute approximate surface area is 106 Å². The van der Waals surface area contributed by atoms with E-state index in [2.05, 4.69) is 22.3 Å². The minimum absolute atomic E-state index is 0.190. The molecule has 0 unspecified atom stereocenters. The molecule has 0 radical (unpaired) electrons. The molecule has 17 heavy (non-hydrogen) atoms. The lowest BCUT2D eigenvalue weighted by Gasteiger charge is -2.21. The molecule has 0 amide bonds. The molecule has 0 fully saturated rings. The van der Waals surface area contributed by atoms with Gasteiger partial charge in [-0.25, -0.2) is 0 Å². The summed E-state index contributed by atoms with van der Waals surface area (Å²) in [6.45, 7) is 4.05. The molecule has 3 nitrogen and oxygen atoms in total. The molecule has 2 aromatic rings. The molecule has 0 aliphatic carbocycles. The lowest BCUT2D eigenvalue weighted by atomic mass is 10.2. The van der Waals surface area contributed by atoms with Crippen LogP contribution in [0.4, 0.5) is 5.00 Å². The summed E-state index contributed by atoms with van der Waals surface area (Å²) < 4.78 is 4.45. The fourth-order valence-corrected chi connectivity index (χ4v) is 2.80. The predicted octanol–water partition coefficient (Wildman–Crippen LogP) is 2.90. The van der Waals surface area contributed by atoms with Crippen molar-refractivity contribution in [1.82, 2.24) is 4.37 Å². The molecule has 2 rings (SSSR count). The Morgan fingerprint density at radius 1 is 1.29 bits per heavy atom. The van der Waals surface area contributed by atoms with Gasteiger partial charge in [-0.05, 0) is 30.1 Å². The van der Waals surface area contributed by atoms with Crippen LogP contribution in [0, 0.1) is 0 Å². The first-order valence-electron chi connectivity index (χ1n) is 6.07. The van der Waals surface area contributed by atoms with Gasteiger partial charge >= 0.3 is 0 Å². The first-order chi connectivity index (χ1) is 8.36. The van der Waals surface area contributed by atoms with E-state index in [0.717, 1.165) is 18.5 Å². The monoisotopic (exact) mass is 250 g/mol. The van der Waals surface area contributed by atoms with Crippen molar-refractivity contribution < 1.29 is 5.11 Å². The second kappa shape index (κ2) is 5.98. The van der Waals surface area contributed by atoms with Gasteiger partial charge in [0.25, 0.3) is 0 Å². The van der Waals surface area contributed by atoms with E-state index in [0.29, 0.717) is 6.54 Å². The van der Waals surface area contributed by atoms with Crippen LogP contribution in [0.3, 0.4) is 0 Å². The molecule has 0 saturated carbocycles. The summed E-state index contributed by atoms with van der Waals surface area (Å²) in [5.41, 5.74) is 1.05. The van der Waals surface area contributed by atoms with E-state index >= 15 is 0 Å².